The van der Waals surface area contributed by atoms with E-state index in [1.807, 2.05) is 6.92 Å². The maximum Gasteiger partial charge on any atom is 0.351 e. The fourth-order valence-electron chi connectivity index (χ4n) is 13.8. The average molecular weight is 1200 g/mol. The number of aliphatic hydroxyl groups is 1. The highest BCUT2D eigenvalue weighted by Crippen LogP contribution is 2.66. The summed E-state index contributed by atoms with van der Waals surface area (Å²) in [5.41, 5.74) is -6.22. The molecule has 3 unspecified atom stereocenters. The molecule has 2 saturated heterocycles. The Morgan fingerprint density at radius 1 is 0.860 bits per heavy atom. The number of ketones is 1. The van der Waals surface area contributed by atoms with Crippen LogP contribution in [0.5, 0.6) is 0 Å². The quantitative estimate of drug-likeness (QED) is 0.0621. The van der Waals surface area contributed by atoms with E-state index in [1.165, 1.54) is 45.2 Å². The van der Waals surface area contributed by atoms with Crippen LogP contribution < -0.4 is 11.0 Å². The zero-order chi connectivity index (χ0) is 62.8. The summed E-state index contributed by atoms with van der Waals surface area (Å²) < 4.78 is 81.9. The first kappa shape index (κ1) is 64.7. The van der Waals surface area contributed by atoms with Gasteiger partial charge in [0.05, 0.1) is 30.7 Å². The molecule has 0 radical (unpaired) electrons. The van der Waals surface area contributed by atoms with Crippen LogP contribution in [0, 0.1) is 22.7 Å². The van der Waals surface area contributed by atoms with E-state index >= 15 is 4.79 Å². The van der Waals surface area contributed by atoms with E-state index in [1.54, 1.807) is 133 Å². The van der Waals surface area contributed by atoms with Crippen LogP contribution in [0.25, 0.3) is 0 Å². The summed E-state index contributed by atoms with van der Waals surface area (Å²) in [6.45, 7) is 10.8. The van der Waals surface area contributed by atoms with E-state index < -0.39 is 142 Å². The number of rotatable bonds is 17. The van der Waals surface area contributed by atoms with Crippen molar-refractivity contribution in [2.45, 2.75) is 140 Å². The fraction of sp³-hybridized carbons (Fsp3) is 0.524. The zero-order valence-electron chi connectivity index (χ0n) is 50.3. The number of likely N-dealkylation sites (N-methyl/N-ethyl adjacent to an activating group) is 1. The summed E-state index contributed by atoms with van der Waals surface area (Å²) in [5.74, 6) is -9.02. The van der Waals surface area contributed by atoms with Gasteiger partial charge in [0, 0.05) is 78.3 Å². The summed E-state index contributed by atoms with van der Waals surface area (Å²) in [7, 11) is 6.99. The number of hydrogen-bond donors (Lipinski definition) is 2. The lowest BCUT2D eigenvalue weighted by atomic mass is 9.43. The number of carbonyl (C=O) groups is 6. The average Bonchev–Trinajstić information content (AvgIpc) is 0.774. The SMILES string of the molecule is CC[C@H]1C[C@H]2OC[C@@]2(OC(C)=O)[C@H]2[C@H](OC(=O)c3ccccc3)[C@]3(O)C[C@H](OC(=O)[C@H](OC)[C@H](c4ccccc4)N(C)C(=O)c4ccccc4)C(C)=C([C@@H](OC(C)=O)C(=O)[C@]12C)C3(C)C.CNc1ccn(C2OC(COC)C(OC)C2(F)F)c(=O)n1. The number of fused-ring (bicyclic) bond motifs is 5. The van der Waals surface area contributed by atoms with Crippen molar-refractivity contribution in [3.8, 4) is 0 Å². The number of esters is 4. The Labute approximate surface area is 497 Å². The Morgan fingerprint density at radius 3 is 2.00 bits per heavy atom. The minimum atomic E-state index is -3.38. The van der Waals surface area contributed by atoms with Gasteiger partial charge < -0.3 is 58.0 Å². The number of nitrogens with one attached hydrogen (secondary N) is 1. The molecule has 2 aliphatic heterocycles. The van der Waals surface area contributed by atoms with Gasteiger partial charge in [-0.25, -0.2) is 14.4 Å². The Morgan fingerprint density at radius 2 is 1.48 bits per heavy atom. The minimum absolute atomic E-state index is 0.0681. The molecule has 21 nitrogen and oxygen atoms in total. The molecule has 3 heterocycles. The van der Waals surface area contributed by atoms with Crippen LogP contribution in [0.3, 0.4) is 0 Å². The van der Waals surface area contributed by atoms with Crippen molar-refractivity contribution >= 4 is 41.4 Å². The van der Waals surface area contributed by atoms with Crippen molar-refractivity contribution in [3.05, 3.63) is 142 Å². The lowest BCUT2D eigenvalue weighted by Gasteiger charge is -2.68. The number of amides is 1. The maximum atomic E-state index is 15.9. The third-order valence-corrected chi connectivity index (χ3v) is 18.1. The second kappa shape index (κ2) is 25.6. The van der Waals surface area contributed by atoms with E-state index in [-0.39, 0.29) is 36.6 Å². The van der Waals surface area contributed by atoms with Crippen LogP contribution in [0.2, 0.25) is 0 Å². The molecule has 4 fully saturated rings. The monoisotopic (exact) mass is 1200 g/mol. The number of anilines is 1. The summed E-state index contributed by atoms with van der Waals surface area (Å²) >= 11 is 0. The van der Waals surface area contributed by atoms with Gasteiger partial charge >= 0.3 is 35.5 Å². The molecule has 2 N–H and O–H groups in total. The Hall–Kier alpha value is -7.28. The number of halogens is 2. The number of aromatic nitrogens is 2. The topological polar surface area (TPSA) is 256 Å². The number of carbonyl (C=O) groups excluding carboxylic acids is 6. The van der Waals surface area contributed by atoms with Gasteiger partial charge in [-0.3, -0.25) is 23.7 Å². The van der Waals surface area contributed by atoms with Crippen molar-refractivity contribution in [3.63, 3.8) is 0 Å². The van der Waals surface area contributed by atoms with Crippen LogP contribution in [0.15, 0.2) is 119 Å². The first-order valence-corrected chi connectivity index (χ1v) is 28.4. The van der Waals surface area contributed by atoms with Crippen LogP contribution in [-0.4, -0.2) is 164 Å². The maximum absolute atomic E-state index is 15.9. The van der Waals surface area contributed by atoms with Crippen molar-refractivity contribution in [2.24, 2.45) is 22.7 Å². The molecule has 9 rings (SSSR count). The number of benzene rings is 3. The third kappa shape index (κ3) is 11.5. The molecule has 3 aliphatic carbocycles. The molecule has 2 bridgehead atoms. The Kier molecular flexibility index (Phi) is 19.3. The third-order valence-electron chi connectivity index (χ3n) is 18.1. The molecule has 3 aromatic carbocycles. The predicted octanol–water partition coefficient (Wildman–Crippen LogP) is 6.88. The van der Waals surface area contributed by atoms with Gasteiger partial charge in [-0.2, -0.15) is 13.8 Å². The second-order valence-corrected chi connectivity index (χ2v) is 23.1. The normalized spacial score (nSPS) is 30.2. The molecule has 14 atom stereocenters. The number of alkyl halides is 2. The summed E-state index contributed by atoms with van der Waals surface area (Å²) in [4.78, 5) is 103. The van der Waals surface area contributed by atoms with Gasteiger partial charge in [0.25, 0.3) is 5.91 Å². The standard InChI is InChI=1S/C51H59NO13.C12H17F2N3O4/c1-10-35-26-37-50(28-61-37,65-31(4)54)42-44(64-46(57)34-24-18-13-19-25-34)51(59)27-36(29(2)38(48(51,5)6)40(62-30(3)53)43(55)49(35,42)7)63-47(58)41(60-9)39(32-20-14-11-15-21-32)52(8)45(56)33-22-16-12-17-23-33;1-15-8-4-5-17(11(18)16-8)10-12(13,14)9(20-3)7(21-10)6-19-2/h11-25,35-37,39-42,44,59H,10,26-28H2,1-9H3;4-5,7,9-10H,6H2,1-3H3,(H,15,16,18)/t35-,36-,37+,39-,40+,41+,42-,44-,49+,50-,51+;/m0./s1. The van der Waals surface area contributed by atoms with E-state index in [2.05, 4.69) is 10.3 Å². The summed E-state index contributed by atoms with van der Waals surface area (Å²) in [6.07, 6.45) is -9.55. The molecule has 464 valence electrons. The zero-order valence-corrected chi connectivity index (χ0v) is 50.3. The molecule has 5 aliphatic rings. The summed E-state index contributed by atoms with van der Waals surface area (Å²) in [6, 6.07) is 26.0. The van der Waals surface area contributed by atoms with Gasteiger partial charge in [0.15, 0.2) is 29.7 Å². The van der Waals surface area contributed by atoms with Crippen molar-refractivity contribution in [1.29, 1.82) is 0 Å². The van der Waals surface area contributed by atoms with E-state index in [0.29, 0.717) is 23.1 Å². The van der Waals surface area contributed by atoms with Crippen LogP contribution in [-0.2, 0) is 61.8 Å². The van der Waals surface area contributed by atoms with Gasteiger partial charge in [-0.05, 0) is 66.3 Å². The number of hydrogen-bond acceptors (Lipinski definition) is 19. The highest BCUT2D eigenvalue weighted by atomic mass is 19.3. The van der Waals surface area contributed by atoms with Gasteiger partial charge in [-0.1, -0.05) is 101 Å². The predicted molar refractivity (Wildman–Crippen MR) is 304 cm³/mol. The minimum Gasteiger partial charge on any atom is -0.456 e. The first-order valence-electron chi connectivity index (χ1n) is 28.4. The summed E-state index contributed by atoms with van der Waals surface area (Å²) in [5, 5.41) is 16.6. The van der Waals surface area contributed by atoms with Gasteiger partial charge in [0.1, 0.15) is 35.8 Å². The molecule has 1 amide bonds. The lowest BCUT2D eigenvalue weighted by molar-refractivity contribution is -0.341. The highest BCUT2D eigenvalue weighted by Gasteiger charge is 2.78. The second-order valence-electron chi connectivity index (χ2n) is 23.1. The number of Topliss-reactive ketones (excluding diaryl/α,β-unsaturated/α-hetero) is 1. The number of ether oxygens (including phenoxy) is 9. The van der Waals surface area contributed by atoms with Crippen LogP contribution in [0.4, 0.5) is 14.6 Å². The first-order chi connectivity index (χ1) is 40.7. The lowest BCUT2D eigenvalue weighted by Crippen LogP contribution is -2.81. The van der Waals surface area contributed by atoms with E-state index in [0.717, 1.165) is 11.7 Å². The highest BCUT2D eigenvalue weighted by molar-refractivity contribution is 5.96. The van der Waals surface area contributed by atoms with E-state index in [9.17, 15) is 42.7 Å². The number of nitrogens with zero attached hydrogens (tertiary/aromatic N) is 3. The molecule has 4 aromatic rings. The van der Waals surface area contributed by atoms with Gasteiger partial charge in [-0.15, -0.1) is 0 Å². The molecular weight excluding hydrogens is 1120 g/mol. The molecule has 2 saturated carbocycles. The molecule has 0 spiro atoms. The Bertz CT molecular complexity index is 3240. The van der Waals surface area contributed by atoms with Gasteiger partial charge in [0.2, 0.25) is 6.23 Å². The molecule has 1 aromatic heterocycles. The smallest absolute Gasteiger partial charge is 0.351 e. The molecule has 23 heteroatoms. The Balaban J connectivity index is 0.000000384. The largest absolute Gasteiger partial charge is 0.456 e. The molecule has 86 heavy (non-hydrogen) atoms. The van der Waals surface area contributed by atoms with Crippen molar-refractivity contribution in [2.75, 3.05) is 54.0 Å². The van der Waals surface area contributed by atoms with E-state index in [4.69, 9.17) is 42.6 Å². The van der Waals surface area contributed by atoms with Crippen LogP contribution in [0.1, 0.15) is 106 Å². The fourth-order valence-corrected chi connectivity index (χ4v) is 13.8. The molecular formula is C63H76F2N4O17. The van der Waals surface area contributed by atoms with Crippen molar-refractivity contribution < 1.29 is 85.3 Å². The number of methoxy groups -OCH3 is 3. The van der Waals surface area contributed by atoms with Crippen molar-refractivity contribution in [1.82, 2.24) is 14.5 Å². The van der Waals surface area contributed by atoms with Crippen LogP contribution >= 0.6 is 0 Å².